The fourth-order valence-electron chi connectivity index (χ4n) is 4.34. The van der Waals surface area contributed by atoms with Gasteiger partial charge in [0.25, 0.3) is 0 Å². The second kappa shape index (κ2) is 5.51. The standard InChI is InChI=1S/C17H21F2N3O/c18-17(19)8-13(9-17)16(23)22-7-4-14-15(22)3-6-21(14)11-12-2-1-5-20-10-12/h1-2,5,10,13-15H,3-4,6-9,11H2/t14-,15+/m0/s1. The molecule has 0 aromatic carbocycles. The molecular weight excluding hydrogens is 300 g/mol. The van der Waals surface area contributed by atoms with Crippen molar-refractivity contribution in [3.63, 3.8) is 0 Å². The average molecular weight is 321 g/mol. The van der Waals surface area contributed by atoms with Gasteiger partial charge < -0.3 is 4.90 Å². The van der Waals surface area contributed by atoms with Crippen molar-refractivity contribution in [3.05, 3.63) is 30.1 Å². The van der Waals surface area contributed by atoms with E-state index in [0.29, 0.717) is 12.6 Å². The highest BCUT2D eigenvalue weighted by molar-refractivity contribution is 5.80. The number of hydrogen-bond acceptors (Lipinski definition) is 3. The lowest BCUT2D eigenvalue weighted by atomic mass is 9.80. The molecule has 3 fully saturated rings. The zero-order valence-corrected chi connectivity index (χ0v) is 13.0. The van der Waals surface area contributed by atoms with Crippen LogP contribution in [0.4, 0.5) is 8.78 Å². The van der Waals surface area contributed by atoms with Crippen LogP contribution < -0.4 is 0 Å². The molecule has 0 radical (unpaired) electrons. The predicted octanol–water partition coefficient (Wildman–Crippen LogP) is 2.30. The van der Waals surface area contributed by atoms with Crippen LogP contribution in [0, 0.1) is 5.92 Å². The van der Waals surface area contributed by atoms with Crippen LogP contribution in [0.25, 0.3) is 0 Å². The van der Waals surface area contributed by atoms with Gasteiger partial charge in [0.05, 0.1) is 0 Å². The first-order valence-electron chi connectivity index (χ1n) is 8.35. The molecule has 2 aliphatic heterocycles. The van der Waals surface area contributed by atoms with Crippen molar-refractivity contribution >= 4 is 5.91 Å². The summed E-state index contributed by atoms with van der Waals surface area (Å²) in [5, 5.41) is 0. The van der Waals surface area contributed by atoms with E-state index in [4.69, 9.17) is 0 Å². The van der Waals surface area contributed by atoms with E-state index in [1.165, 1.54) is 5.56 Å². The maximum Gasteiger partial charge on any atom is 0.249 e. The number of pyridine rings is 1. The highest BCUT2D eigenvalue weighted by Gasteiger charge is 2.53. The number of hydrogen-bond donors (Lipinski definition) is 0. The lowest BCUT2D eigenvalue weighted by Crippen LogP contribution is -2.49. The zero-order valence-electron chi connectivity index (χ0n) is 13.0. The molecule has 1 amide bonds. The number of halogens is 2. The molecule has 2 atom stereocenters. The van der Waals surface area contributed by atoms with Crippen LogP contribution in [0.2, 0.25) is 0 Å². The normalized spacial score (nSPS) is 30.3. The molecule has 0 unspecified atom stereocenters. The van der Waals surface area contributed by atoms with Gasteiger partial charge in [-0.2, -0.15) is 0 Å². The quantitative estimate of drug-likeness (QED) is 0.857. The first kappa shape index (κ1) is 15.0. The highest BCUT2D eigenvalue weighted by atomic mass is 19.3. The average Bonchev–Trinajstić information content (AvgIpc) is 3.08. The summed E-state index contributed by atoms with van der Waals surface area (Å²) in [7, 11) is 0. The van der Waals surface area contributed by atoms with Gasteiger partial charge in [0.1, 0.15) is 0 Å². The number of alkyl halides is 2. The van der Waals surface area contributed by atoms with E-state index >= 15 is 0 Å². The van der Waals surface area contributed by atoms with Crippen molar-refractivity contribution in [2.75, 3.05) is 13.1 Å². The fourth-order valence-corrected chi connectivity index (χ4v) is 4.34. The van der Waals surface area contributed by atoms with Gasteiger partial charge in [-0.25, -0.2) is 8.78 Å². The number of fused-ring (bicyclic) bond motifs is 1. The van der Waals surface area contributed by atoms with Gasteiger partial charge in [-0.05, 0) is 24.5 Å². The Morgan fingerprint density at radius 2 is 2.04 bits per heavy atom. The second-order valence-corrected chi connectivity index (χ2v) is 7.04. The molecule has 1 aliphatic carbocycles. The molecule has 0 spiro atoms. The first-order chi connectivity index (χ1) is 11.0. The Balaban J connectivity index is 1.39. The maximum atomic E-state index is 13.0. The summed E-state index contributed by atoms with van der Waals surface area (Å²) in [4.78, 5) is 20.9. The van der Waals surface area contributed by atoms with Gasteiger partial charge in [-0.3, -0.25) is 14.7 Å². The van der Waals surface area contributed by atoms with Gasteiger partial charge in [0.15, 0.2) is 0 Å². The monoisotopic (exact) mass is 321 g/mol. The summed E-state index contributed by atoms with van der Waals surface area (Å²) in [5.41, 5.74) is 1.18. The number of likely N-dealkylation sites (tertiary alicyclic amines) is 2. The number of rotatable bonds is 3. The van der Waals surface area contributed by atoms with E-state index in [-0.39, 0.29) is 24.8 Å². The SMILES string of the molecule is O=C(C1CC(F)(F)C1)N1CC[C@H]2[C@H]1CCN2Cc1cccnc1. The van der Waals surface area contributed by atoms with Gasteiger partial charge in [0, 0.05) is 62.9 Å². The summed E-state index contributed by atoms with van der Waals surface area (Å²) in [6, 6.07) is 4.56. The van der Waals surface area contributed by atoms with Gasteiger partial charge in [-0.15, -0.1) is 0 Å². The summed E-state index contributed by atoms with van der Waals surface area (Å²) in [6.07, 6.45) is 5.00. The molecule has 23 heavy (non-hydrogen) atoms. The summed E-state index contributed by atoms with van der Waals surface area (Å²) >= 11 is 0. The largest absolute Gasteiger partial charge is 0.338 e. The van der Waals surface area contributed by atoms with Crippen molar-refractivity contribution < 1.29 is 13.6 Å². The van der Waals surface area contributed by atoms with Gasteiger partial charge >= 0.3 is 0 Å². The van der Waals surface area contributed by atoms with E-state index in [0.717, 1.165) is 25.9 Å². The molecule has 2 saturated heterocycles. The number of carbonyl (C=O) groups excluding carboxylic acids is 1. The minimum absolute atomic E-state index is 0.0494. The first-order valence-corrected chi connectivity index (χ1v) is 8.35. The number of carbonyl (C=O) groups is 1. The van der Waals surface area contributed by atoms with Crippen LogP contribution in [0.15, 0.2) is 24.5 Å². The molecule has 0 N–H and O–H groups in total. The van der Waals surface area contributed by atoms with Crippen molar-refractivity contribution in [1.82, 2.24) is 14.8 Å². The molecule has 1 aromatic heterocycles. The van der Waals surface area contributed by atoms with Crippen LogP contribution in [-0.4, -0.2) is 51.8 Å². The number of amides is 1. The highest BCUT2D eigenvalue weighted by Crippen LogP contribution is 2.44. The lowest BCUT2D eigenvalue weighted by molar-refractivity contribution is -0.160. The molecule has 6 heteroatoms. The molecule has 0 bridgehead atoms. The van der Waals surface area contributed by atoms with Crippen molar-refractivity contribution in [3.8, 4) is 0 Å². The van der Waals surface area contributed by atoms with Crippen LogP contribution in [-0.2, 0) is 11.3 Å². The molecule has 4 rings (SSSR count). The Labute approximate surface area is 134 Å². The molecule has 3 aliphatic rings. The maximum absolute atomic E-state index is 13.0. The molecular formula is C17H21F2N3O. The molecule has 1 saturated carbocycles. The summed E-state index contributed by atoms with van der Waals surface area (Å²) in [6.45, 7) is 2.51. The van der Waals surface area contributed by atoms with Crippen LogP contribution in [0.3, 0.4) is 0 Å². The zero-order chi connectivity index (χ0) is 16.0. The van der Waals surface area contributed by atoms with Crippen LogP contribution >= 0.6 is 0 Å². The third-order valence-electron chi connectivity index (χ3n) is 5.52. The van der Waals surface area contributed by atoms with Crippen LogP contribution in [0.5, 0.6) is 0 Å². The Hall–Kier alpha value is -1.56. The van der Waals surface area contributed by atoms with E-state index in [2.05, 4.69) is 16.0 Å². The fraction of sp³-hybridized carbons (Fsp3) is 0.647. The van der Waals surface area contributed by atoms with E-state index in [1.54, 1.807) is 6.20 Å². The number of aromatic nitrogens is 1. The second-order valence-electron chi connectivity index (χ2n) is 7.04. The van der Waals surface area contributed by atoms with Crippen molar-refractivity contribution in [2.45, 2.75) is 50.2 Å². The molecule has 124 valence electrons. The van der Waals surface area contributed by atoms with E-state index < -0.39 is 11.8 Å². The number of nitrogens with zero attached hydrogens (tertiary/aromatic N) is 3. The summed E-state index contributed by atoms with van der Waals surface area (Å²) in [5.74, 6) is -3.13. The van der Waals surface area contributed by atoms with E-state index in [9.17, 15) is 13.6 Å². The van der Waals surface area contributed by atoms with Crippen molar-refractivity contribution in [1.29, 1.82) is 0 Å². The predicted molar refractivity (Wildman–Crippen MR) is 80.8 cm³/mol. The van der Waals surface area contributed by atoms with E-state index in [1.807, 2.05) is 17.2 Å². The topological polar surface area (TPSA) is 36.4 Å². The minimum atomic E-state index is -2.62. The Morgan fingerprint density at radius 1 is 1.26 bits per heavy atom. The molecule has 1 aromatic rings. The van der Waals surface area contributed by atoms with Gasteiger partial charge in [-0.1, -0.05) is 6.07 Å². The van der Waals surface area contributed by atoms with Crippen LogP contribution in [0.1, 0.15) is 31.2 Å². The molecule has 4 nitrogen and oxygen atoms in total. The Bertz CT molecular complexity index is 587. The Morgan fingerprint density at radius 3 is 2.74 bits per heavy atom. The third kappa shape index (κ3) is 2.73. The molecule has 3 heterocycles. The summed E-state index contributed by atoms with van der Waals surface area (Å²) < 4.78 is 26.0. The van der Waals surface area contributed by atoms with Gasteiger partial charge in [0.2, 0.25) is 11.8 Å². The smallest absolute Gasteiger partial charge is 0.249 e. The lowest BCUT2D eigenvalue weighted by Gasteiger charge is -2.37. The third-order valence-corrected chi connectivity index (χ3v) is 5.52. The van der Waals surface area contributed by atoms with Crippen molar-refractivity contribution in [2.24, 2.45) is 5.92 Å². The Kier molecular flexibility index (Phi) is 3.59. The minimum Gasteiger partial charge on any atom is -0.338 e.